The van der Waals surface area contributed by atoms with Crippen LogP contribution in [0.25, 0.3) is 0 Å². The number of ketones is 2. The van der Waals surface area contributed by atoms with Crippen molar-refractivity contribution in [1.29, 1.82) is 0 Å². The second-order valence-electron chi connectivity index (χ2n) is 4.84. The SMILES string of the molecule is O=C1C=CC(=O)c2c(OS(=O)(=O)C(F)(F)F)ccc(OS(=O)(=O)C(F)(F)F)c21. The lowest BCUT2D eigenvalue weighted by atomic mass is 9.93. The van der Waals surface area contributed by atoms with E-state index in [9.17, 15) is 52.8 Å². The molecule has 0 fully saturated rings. The molecule has 0 unspecified atom stereocenters. The van der Waals surface area contributed by atoms with Gasteiger partial charge in [-0.2, -0.15) is 43.2 Å². The summed E-state index contributed by atoms with van der Waals surface area (Å²) in [4.78, 5) is 23.8. The summed E-state index contributed by atoms with van der Waals surface area (Å²) < 4.78 is 127. The molecule has 0 saturated carbocycles. The minimum Gasteiger partial charge on any atom is -0.375 e. The number of fused-ring (bicyclic) bond motifs is 1. The molecule has 154 valence electrons. The maximum atomic E-state index is 12.5. The summed E-state index contributed by atoms with van der Waals surface area (Å²) in [5.74, 6) is -5.44. The van der Waals surface area contributed by atoms with Crippen LogP contribution in [0.2, 0.25) is 0 Å². The number of hydrogen-bond donors (Lipinski definition) is 0. The van der Waals surface area contributed by atoms with E-state index < -0.39 is 65.4 Å². The van der Waals surface area contributed by atoms with Crippen LogP contribution in [-0.4, -0.2) is 39.4 Å². The van der Waals surface area contributed by atoms with E-state index in [0.717, 1.165) is 0 Å². The molecule has 16 heteroatoms. The van der Waals surface area contributed by atoms with Crippen molar-refractivity contribution in [3.8, 4) is 11.5 Å². The van der Waals surface area contributed by atoms with Gasteiger partial charge in [0.05, 0.1) is 11.1 Å². The highest BCUT2D eigenvalue weighted by atomic mass is 32.2. The predicted octanol–water partition coefficient (Wildman–Crippen LogP) is 2.08. The van der Waals surface area contributed by atoms with E-state index in [0.29, 0.717) is 12.2 Å². The quantitative estimate of drug-likeness (QED) is 0.385. The molecule has 28 heavy (non-hydrogen) atoms. The van der Waals surface area contributed by atoms with E-state index in [1.165, 1.54) is 0 Å². The Hall–Kier alpha value is -2.62. The minimum absolute atomic E-state index is 0.230. The Morgan fingerprint density at radius 1 is 0.643 bits per heavy atom. The predicted molar refractivity (Wildman–Crippen MR) is 75.4 cm³/mol. The molecule has 1 aliphatic carbocycles. The largest absolute Gasteiger partial charge is 0.534 e. The van der Waals surface area contributed by atoms with Gasteiger partial charge in [0, 0.05) is 0 Å². The van der Waals surface area contributed by atoms with Crippen molar-refractivity contribution in [2.45, 2.75) is 11.0 Å². The Bertz CT molecular complexity index is 1010. The van der Waals surface area contributed by atoms with Gasteiger partial charge in [-0.25, -0.2) is 0 Å². The Kier molecular flexibility index (Phi) is 5.01. The van der Waals surface area contributed by atoms with Gasteiger partial charge in [0.15, 0.2) is 23.1 Å². The number of allylic oxidation sites excluding steroid dienone is 2. The van der Waals surface area contributed by atoms with Crippen LogP contribution in [0.3, 0.4) is 0 Å². The molecular formula is C12H4F6O8S2. The van der Waals surface area contributed by atoms with E-state index >= 15 is 0 Å². The van der Waals surface area contributed by atoms with Crippen LogP contribution in [0.1, 0.15) is 20.7 Å². The molecule has 0 aromatic heterocycles. The monoisotopic (exact) mass is 454 g/mol. The Labute approximate surface area is 151 Å². The molecular weight excluding hydrogens is 450 g/mol. The first-order chi connectivity index (χ1) is 12.5. The second-order valence-corrected chi connectivity index (χ2v) is 7.92. The number of carbonyl (C=O) groups excluding carboxylic acids is 2. The summed E-state index contributed by atoms with van der Waals surface area (Å²) in [6.07, 6.45) is 0.916. The standard InChI is InChI=1S/C12H4F6O8S2/c13-11(14,15)27(21,22)25-7-3-4-8(26-28(23,24)12(16,17)18)10-6(20)2-1-5(19)9(7)10/h1-4H. The molecule has 1 aliphatic rings. The van der Waals surface area contributed by atoms with Crippen LogP contribution in [0, 0.1) is 0 Å². The number of carbonyl (C=O) groups is 2. The number of alkyl halides is 6. The molecule has 2 rings (SSSR count). The third-order valence-electron chi connectivity index (χ3n) is 2.97. The molecule has 0 amide bonds. The zero-order valence-corrected chi connectivity index (χ0v) is 14.3. The molecule has 8 nitrogen and oxygen atoms in total. The third-order valence-corrected chi connectivity index (χ3v) is 4.91. The Balaban J connectivity index is 2.69. The van der Waals surface area contributed by atoms with Crippen LogP contribution in [0.15, 0.2) is 24.3 Å². The van der Waals surface area contributed by atoms with Gasteiger partial charge in [-0.05, 0) is 24.3 Å². The van der Waals surface area contributed by atoms with Crippen LogP contribution in [-0.2, 0) is 20.2 Å². The van der Waals surface area contributed by atoms with Crippen molar-refractivity contribution in [3.05, 3.63) is 35.4 Å². The van der Waals surface area contributed by atoms with Gasteiger partial charge in [-0.1, -0.05) is 0 Å². The summed E-state index contributed by atoms with van der Waals surface area (Å²) in [5.41, 5.74) is -14.3. The lowest BCUT2D eigenvalue weighted by molar-refractivity contribution is -0.0506. The zero-order valence-electron chi connectivity index (χ0n) is 12.7. The highest BCUT2D eigenvalue weighted by Crippen LogP contribution is 2.38. The highest BCUT2D eigenvalue weighted by molar-refractivity contribution is 7.88. The van der Waals surface area contributed by atoms with Crippen LogP contribution in [0.5, 0.6) is 11.5 Å². The normalized spacial score (nSPS) is 15.4. The van der Waals surface area contributed by atoms with Crippen molar-refractivity contribution in [2.24, 2.45) is 0 Å². The van der Waals surface area contributed by atoms with Gasteiger partial charge in [-0.15, -0.1) is 0 Å². The van der Waals surface area contributed by atoms with Gasteiger partial charge in [0.2, 0.25) is 0 Å². The Morgan fingerprint density at radius 2 is 0.929 bits per heavy atom. The first kappa shape index (κ1) is 21.7. The van der Waals surface area contributed by atoms with Gasteiger partial charge < -0.3 is 8.37 Å². The topological polar surface area (TPSA) is 121 Å². The molecule has 0 heterocycles. The second kappa shape index (κ2) is 6.47. The average molecular weight is 454 g/mol. The maximum Gasteiger partial charge on any atom is 0.534 e. The van der Waals surface area contributed by atoms with Crippen molar-refractivity contribution in [1.82, 2.24) is 0 Å². The third kappa shape index (κ3) is 3.82. The molecule has 0 spiro atoms. The molecule has 0 aliphatic heterocycles. The van der Waals surface area contributed by atoms with Crippen LogP contribution in [0.4, 0.5) is 26.3 Å². The van der Waals surface area contributed by atoms with Gasteiger partial charge in [0.25, 0.3) is 0 Å². The van der Waals surface area contributed by atoms with Crippen molar-refractivity contribution in [3.63, 3.8) is 0 Å². The van der Waals surface area contributed by atoms with Gasteiger partial charge in [-0.3, -0.25) is 9.59 Å². The fourth-order valence-corrected chi connectivity index (χ4v) is 2.78. The van der Waals surface area contributed by atoms with Crippen LogP contribution >= 0.6 is 0 Å². The lowest BCUT2D eigenvalue weighted by Gasteiger charge is -2.18. The number of halogens is 6. The molecule has 0 saturated heterocycles. The molecule has 0 radical (unpaired) electrons. The number of benzene rings is 1. The fraction of sp³-hybridized carbons (Fsp3) is 0.167. The van der Waals surface area contributed by atoms with Gasteiger partial charge >= 0.3 is 31.3 Å². The van der Waals surface area contributed by atoms with Gasteiger partial charge in [0.1, 0.15) is 0 Å². The zero-order chi connectivity index (χ0) is 21.7. The van der Waals surface area contributed by atoms with Crippen LogP contribution < -0.4 is 8.37 Å². The van der Waals surface area contributed by atoms with Crippen molar-refractivity contribution in [2.75, 3.05) is 0 Å². The molecule has 0 bridgehead atoms. The average Bonchev–Trinajstić information content (AvgIpc) is 2.49. The fourth-order valence-electron chi connectivity index (χ4n) is 1.84. The smallest absolute Gasteiger partial charge is 0.375 e. The first-order valence-electron chi connectivity index (χ1n) is 6.43. The molecule has 0 atom stereocenters. The molecule has 0 N–H and O–H groups in total. The first-order valence-corrected chi connectivity index (χ1v) is 9.25. The van der Waals surface area contributed by atoms with Crippen molar-refractivity contribution < 1.29 is 61.1 Å². The molecule has 1 aromatic carbocycles. The van der Waals surface area contributed by atoms with E-state index in [2.05, 4.69) is 8.37 Å². The summed E-state index contributed by atoms with van der Waals surface area (Å²) in [6, 6.07) is 0.460. The number of hydrogen-bond acceptors (Lipinski definition) is 8. The van der Waals surface area contributed by atoms with E-state index in [-0.39, 0.29) is 12.1 Å². The Morgan fingerprint density at radius 3 is 1.18 bits per heavy atom. The maximum absolute atomic E-state index is 12.5. The summed E-state index contributed by atoms with van der Waals surface area (Å²) in [7, 11) is -12.6. The van der Waals surface area contributed by atoms with E-state index in [1.807, 2.05) is 0 Å². The lowest BCUT2D eigenvalue weighted by Crippen LogP contribution is -2.30. The summed E-state index contributed by atoms with van der Waals surface area (Å²) in [5, 5.41) is 0. The number of rotatable bonds is 4. The minimum atomic E-state index is -6.32. The molecule has 1 aromatic rings. The highest BCUT2D eigenvalue weighted by Gasteiger charge is 2.50. The van der Waals surface area contributed by atoms with Crippen molar-refractivity contribution >= 4 is 31.8 Å². The summed E-state index contributed by atoms with van der Waals surface area (Å²) >= 11 is 0. The van der Waals surface area contributed by atoms with E-state index in [1.54, 1.807) is 0 Å². The summed E-state index contributed by atoms with van der Waals surface area (Å²) in [6.45, 7) is 0. The van der Waals surface area contributed by atoms with E-state index in [4.69, 9.17) is 0 Å².